The lowest BCUT2D eigenvalue weighted by atomic mass is 10.2. The Morgan fingerprint density at radius 2 is 2.09 bits per heavy atom. The van der Waals surface area contributed by atoms with Crippen LogP contribution in [0.4, 0.5) is 10.8 Å². The van der Waals surface area contributed by atoms with Gasteiger partial charge in [-0.2, -0.15) is 0 Å². The highest BCUT2D eigenvalue weighted by Gasteiger charge is 2.16. The van der Waals surface area contributed by atoms with Crippen molar-refractivity contribution in [3.8, 4) is 5.75 Å². The zero-order valence-electron chi connectivity index (χ0n) is 11.8. The first-order valence-corrected chi connectivity index (χ1v) is 7.40. The molecule has 112 valence electrons. The molecule has 0 fully saturated rings. The fraction of sp³-hybridized carbons (Fsp3) is 0.133. The minimum absolute atomic E-state index is 0.00242. The first-order valence-electron chi connectivity index (χ1n) is 6.58. The number of thiazole rings is 1. The third kappa shape index (κ3) is 2.84. The molecule has 1 aromatic heterocycles. The van der Waals surface area contributed by atoms with E-state index in [4.69, 9.17) is 4.74 Å². The number of hydrogen-bond donors (Lipinski definition) is 1. The Hall–Kier alpha value is -2.67. The number of hydrogen-bond acceptors (Lipinski definition) is 6. The fourth-order valence-electron chi connectivity index (χ4n) is 2.10. The van der Waals surface area contributed by atoms with Crippen LogP contribution in [0.3, 0.4) is 0 Å². The van der Waals surface area contributed by atoms with Crippen molar-refractivity contribution in [2.45, 2.75) is 6.54 Å². The Labute approximate surface area is 130 Å². The molecule has 3 rings (SSSR count). The smallest absolute Gasteiger partial charge is 0.274 e. The van der Waals surface area contributed by atoms with Gasteiger partial charge in [0.1, 0.15) is 5.52 Å². The van der Waals surface area contributed by atoms with Crippen molar-refractivity contribution >= 4 is 32.4 Å². The first kappa shape index (κ1) is 14.3. The lowest BCUT2D eigenvalue weighted by Gasteiger charge is -2.01. The molecule has 0 radical (unpaired) electrons. The van der Waals surface area contributed by atoms with E-state index < -0.39 is 4.92 Å². The Kier molecular flexibility index (Phi) is 3.88. The molecule has 0 saturated carbocycles. The van der Waals surface area contributed by atoms with Crippen LogP contribution in [0.15, 0.2) is 42.5 Å². The maximum atomic E-state index is 10.9. The van der Waals surface area contributed by atoms with Gasteiger partial charge >= 0.3 is 0 Å². The highest BCUT2D eigenvalue weighted by atomic mass is 32.1. The molecule has 0 bridgehead atoms. The molecule has 6 nitrogen and oxygen atoms in total. The van der Waals surface area contributed by atoms with E-state index in [2.05, 4.69) is 10.3 Å². The molecule has 0 aliphatic carbocycles. The van der Waals surface area contributed by atoms with E-state index in [-0.39, 0.29) is 5.69 Å². The molecule has 7 heteroatoms. The molecule has 0 aliphatic rings. The van der Waals surface area contributed by atoms with Gasteiger partial charge in [-0.05, 0) is 5.56 Å². The average Bonchev–Trinajstić information content (AvgIpc) is 2.95. The molecule has 0 unspecified atom stereocenters. The standard InChI is InChI=1S/C15H13N3O3S/c1-21-12-7-11(18(19)20)8-13-14(12)17-15(22-13)16-9-10-5-3-2-4-6-10/h2-8H,9H2,1H3,(H,16,17). The predicted octanol–water partition coefficient (Wildman–Crippen LogP) is 3.83. The van der Waals surface area contributed by atoms with Crippen LogP contribution in [-0.2, 0) is 6.54 Å². The molecule has 2 aromatic carbocycles. The second-order valence-electron chi connectivity index (χ2n) is 4.61. The van der Waals surface area contributed by atoms with Gasteiger partial charge in [-0.25, -0.2) is 4.98 Å². The summed E-state index contributed by atoms with van der Waals surface area (Å²) in [7, 11) is 1.48. The van der Waals surface area contributed by atoms with Crippen LogP contribution >= 0.6 is 11.3 Å². The maximum absolute atomic E-state index is 10.9. The fourth-order valence-corrected chi connectivity index (χ4v) is 3.01. The van der Waals surface area contributed by atoms with Crippen molar-refractivity contribution in [1.82, 2.24) is 4.98 Å². The monoisotopic (exact) mass is 315 g/mol. The summed E-state index contributed by atoms with van der Waals surface area (Å²) in [4.78, 5) is 15.0. The number of ether oxygens (including phenoxy) is 1. The third-order valence-corrected chi connectivity index (χ3v) is 4.12. The van der Waals surface area contributed by atoms with Crippen LogP contribution < -0.4 is 10.1 Å². The van der Waals surface area contributed by atoms with E-state index >= 15 is 0 Å². The number of benzene rings is 2. The molecule has 0 spiro atoms. The summed E-state index contributed by atoms with van der Waals surface area (Å²) in [5.74, 6) is 0.410. The molecular formula is C15H13N3O3S. The van der Waals surface area contributed by atoms with Crippen molar-refractivity contribution in [3.63, 3.8) is 0 Å². The first-order chi connectivity index (χ1) is 10.7. The molecule has 0 amide bonds. The van der Waals surface area contributed by atoms with Gasteiger partial charge < -0.3 is 10.1 Å². The third-order valence-electron chi connectivity index (χ3n) is 3.16. The number of nitro groups is 1. The van der Waals surface area contributed by atoms with Crippen molar-refractivity contribution < 1.29 is 9.66 Å². The van der Waals surface area contributed by atoms with Gasteiger partial charge in [0.05, 0.1) is 22.8 Å². The van der Waals surface area contributed by atoms with E-state index in [0.29, 0.717) is 22.9 Å². The van der Waals surface area contributed by atoms with Crippen molar-refractivity contribution in [2.75, 3.05) is 12.4 Å². The van der Waals surface area contributed by atoms with Gasteiger partial charge in [0.15, 0.2) is 10.9 Å². The molecule has 0 atom stereocenters. The number of fused-ring (bicyclic) bond motifs is 1. The summed E-state index contributed by atoms with van der Waals surface area (Å²) >= 11 is 1.37. The zero-order valence-corrected chi connectivity index (χ0v) is 12.6. The number of rotatable bonds is 5. The van der Waals surface area contributed by atoms with E-state index in [0.717, 1.165) is 10.3 Å². The zero-order chi connectivity index (χ0) is 15.5. The Morgan fingerprint density at radius 3 is 2.77 bits per heavy atom. The van der Waals surface area contributed by atoms with Gasteiger partial charge in [0.25, 0.3) is 5.69 Å². The van der Waals surface area contributed by atoms with E-state index in [9.17, 15) is 10.1 Å². The van der Waals surface area contributed by atoms with E-state index in [1.54, 1.807) is 0 Å². The Morgan fingerprint density at radius 1 is 1.32 bits per heavy atom. The number of methoxy groups -OCH3 is 1. The summed E-state index contributed by atoms with van der Waals surface area (Å²) in [6, 6.07) is 12.9. The number of aromatic nitrogens is 1. The molecule has 1 heterocycles. The summed E-state index contributed by atoms with van der Waals surface area (Å²) < 4.78 is 5.93. The quantitative estimate of drug-likeness (QED) is 0.572. The van der Waals surface area contributed by atoms with Gasteiger partial charge in [-0.1, -0.05) is 41.7 Å². The van der Waals surface area contributed by atoms with Crippen LogP contribution in [0.2, 0.25) is 0 Å². The molecule has 0 saturated heterocycles. The SMILES string of the molecule is COc1cc([N+](=O)[O-])cc2sc(NCc3ccccc3)nc12. The molecule has 1 N–H and O–H groups in total. The minimum atomic E-state index is -0.432. The summed E-state index contributed by atoms with van der Waals surface area (Å²) in [5.41, 5.74) is 1.77. The second-order valence-corrected chi connectivity index (χ2v) is 5.64. The highest BCUT2D eigenvalue weighted by molar-refractivity contribution is 7.22. The lowest BCUT2D eigenvalue weighted by molar-refractivity contribution is -0.384. The summed E-state index contributed by atoms with van der Waals surface area (Å²) in [6.07, 6.45) is 0. The summed E-state index contributed by atoms with van der Waals surface area (Å²) in [5, 5.41) is 14.9. The van der Waals surface area contributed by atoms with Crippen LogP contribution in [0.1, 0.15) is 5.56 Å². The van der Waals surface area contributed by atoms with Crippen LogP contribution in [-0.4, -0.2) is 17.0 Å². The molecule has 22 heavy (non-hydrogen) atoms. The van der Waals surface area contributed by atoms with Gasteiger partial charge in [-0.3, -0.25) is 10.1 Å². The number of nitrogens with one attached hydrogen (secondary N) is 1. The van der Waals surface area contributed by atoms with Crippen LogP contribution in [0.25, 0.3) is 10.2 Å². The number of non-ortho nitro benzene ring substituents is 1. The number of anilines is 1. The van der Waals surface area contributed by atoms with E-state index in [1.165, 1.54) is 30.6 Å². The van der Waals surface area contributed by atoms with E-state index in [1.807, 2.05) is 30.3 Å². The molecule has 0 aliphatic heterocycles. The maximum Gasteiger partial charge on any atom is 0.274 e. The topological polar surface area (TPSA) is 77.3 Å². The van der Waals surface area contributed by atoms with Gasteiger partial charge in [0.2, 0.25) is 0 Å². The van der Waals surface area contributed by atoms with Gasteiger partial charge in [0, 0.05) is 12.6 Å². The largest absolute Gasteiger partial charge is 0.494 e. The Bertz CT molecular complexity index is 818. The van der Waals surface area contributed by atoms with Crippen molar-refractivity contribution in [3.05, 3.63) is 58.1 Å². The summed E-state index contributed by atoms with van der Waals surface area (Å²) in [6.45, 7) is 0.644. The number of nitrogens with zero attached hydrogens (tertiary/aromatic N) is 2. The van der Waals surface area contributed by atoms with Crippen molar-refractivity contribution in [2.24, 2.45) is 0 Å². The molecule has 3 aromatic rings. The second kappa shape index (κ2) is 5.98. The minimum Gasteiger partial charge on any atom is -0.494 e. The lowest BCUT2D eigenvalue weighted by Crippen LogP contribution is -1.98. The molecular weight excluding hydrogens is 302 g/mol. The average molecular weight is 315 g/mol. The normalized spacial score (nSPS) is 10.6. The van der Waals surface area contributed by atoms with Crippen LogP contribution in [0, 0.1) is 10.1 Å². The van der Waals surface area contributed by atoms with Crippen LogP contribution in [0.5, 0.6) is 5.75 Å². The van der Waals surface area contributed by atoms with Gasteiger partial charge in [-0.15, -0.1) is 0 Å². The number of nitro benzene ring substituents is 1. The Balaban J connectivity index is 1.90. The van der Waals surface area contributed by atoms with Crippen molar-refractivity contribution in [1.29, 1.82) is 0 Å². The predicted molar refractivity (Wildman–Crippen MR) is 86.6 cm³/mol. The highest BCUT2D eigenvalue weighted by Crippen LogP contribution is 2.36.